The molecule has 0 saturated carbocycles. The quantitative estimate of drug-likeness (QED) is 0.738. The van der Waals surface area contributed by atoms with E-state index in [9.17, 15) is 31.1 Å². The lowest BCUT2D eigenvalue weighted by atomic mass is 10.0. The van der Waals surface area contributed by atoms with Crippen LogP contribution in [0.25, 0.3) is 6.08 Å². The maximum Gasteiger partial charge on any atom is 0.416 e. The summed E-state index contributed by atoms with van der Waals surface area (Å²) in [6.07, 6.45) is -8.28. The summed E-state index contributed by atoms with van der Waals surface area (Å²) in [5.74, 6) is 0. The highest BCUT2D eigenvalue weighted by atomic mass is 19.4. The lowest BCUT2D eigenvalue weighted by Crippen LogP contribution is -2.32. The Morgan fingerprint density at radius 3 is 1.88 bits per heavy atom. The van der Waals surface area contributed by atoms with Crippen LogP contribution >= 0.6 is 0 Å². The summed E-state index contributed by atoms with van der Waals surface area (Å²) in [7, 11) is 0. The second-order valence-corrected chi connectivity index (χ2v) is 6.12. The molecule has 0 aliphatic carbocycles. The van der Waals surface area contributed by atoms with Crippen LogP contribution in [0, 0.1) is 0 Å². The molecule has 0 bridgehead atoms. The van der Waals surface area contributed by atoms with E-state index in [0.717, 1.165) is 6.08 Å². The van der Waals surface area contributed by atoms with Crippen molar-refractivity contribution in [1.29, 1.82) is 0 Å². The first kappa shape index (κ1) is 20.9. The largest absolute Gasteiger partial charge is 0.444 e. The van der Waals surface area contributed by atoms with Crippen LogP contribution in [-0.4, -0.2) is 18.2 Å². The average Bonchev–Trinajstić information content (AvgIpc) is 2.39. The number of halogens is 6. The van der Waals surface area contributed by atoms with E-state index in [1.54, 1.807) is 20.8 Å². The number of carbonyl (C=O) groups is 1. The Kier molecular flexibility index (Phi) is 6.14. The highest BCUT2D eigenvalue weighted by Gasteiger charge is 2.36. The van der Waals surface area contributed by atoms with Crippen molar-refractivity contribution in [2.75, 3.05) is 6.54 Å². The Bertz CT molecular complexity index is 609. The fraction of sp³-hybridized carbons (Fsp3) is 0.438. The zero-order valence-electron chi connectivity index (χ0n) is 13.7. The molecule has 0 unspecified atom stereocenters. The minimum absolute atomic E-state index is 0.0519. The molecule has 0 fully saturated rings. The summed E-state index contributed by atoms with van der Waals surface area (Å²) in [4.78, 5) is 11.4. The van der Waals surface area contributed by atoms with Gasteiger partial charge in [-0.2, -0.15) is 26.3 Å². The van der Waals surface area contributed by atoms with Crippen molar-refractivity contribution in [3.63, 3.8) is 0 Å². The Morgan fingerprint density at radius 1 is 1.00 bits per heavy atom. The predicted molar refractivity (Wildman–Crippen MR) is 79.7 cm³/mol. The number of carbonyl (C=O) groups excluding carboxylic acids is 1. The molecule has 0 spiro atoms. The van der Waals surface area contributed by atoms with Crippen molar-refractivity contribution in [2.45, 2.75) is 38.7 Å². The van der Waals surface area contributed by atoms with Gasteiger partial charge in [-0.05, 0) is 44.5 Å². The summed E-state index contributed by atoms with van der Waals surface area (Å²) in [6, 6.07) is 1.24. The molecule has 1 aromatic rings. The van der Waals surface area contributed by atoms with Crippen LogP contribution in [0.3, 0.4) is 0 Å². The lowest BCUT2D eigenvalue weighted by molar-refractivity contribution is -0.143. The maximum absolute atomic E-state index is 12.7. The summed E-state index contributed by atoms with van der Waals surface area (Å²) in [5, 5.41) is 2.31. The van der Waals surface area contributed by atoms with E-state index in [2.05, 4.69) is 5.32 Å². The second-order valence-electron chi connectivity index (χ2n) is 6.12. The van der Waals surface area contributed by atoms with Crippen LogP contribution in [0.4, 0.5) is 31.1 Å². The fourth-order valence-electron chi connectivity index (χ4n) is 1.73. The van der Waals surface area contributed by atoms with Crippen molar-refractivity contribution in [1.82, 2.24) is 5.32 Å². The normalized spacial score (nSPS) is 13.2. The van der Waals surface area contributed by atoms with Gasteiger partial charge in [0.2, 0.25) is 0 Å². The number of benzene rings is 1. The van der Waals surface area contributed by atoms with Crippen LogP contribution in [0.5, 0.6) is 0 Å². The second kappa shape index (κ2) is 7.37. The highest BCUT2D eigenvalue weighted by molar-refractivity contribution is 5.68. The zero-order chi connectivity index (χ0) is 19.5. The van der Waals surface area contributed by atoms with Gasteiger partial charge in [0.25, 0.3) is 0 Å². The molecule has 0 aromatic heterocycles. The van der Waals surface area contributed by atoms with Gasteiger partial charge in [0.1, 0.15) is 5.60 Å². The number of alkyl halides is 6. The molecule has 0 aliphatic heterocycles. The first-order chi connectivity index (χ1) is 11.2. The third-order valence-corrected chi connectivity index (χ3v) is 2.68. The van der Waals surface area contributed by atoms with E-state index < -0.39 is 35.2 Å². The summed E-state index contributed by atoms with van der Waals surface area (Å²) in [6.45, 7) is 4.81. The average molecular weight is 369 g/mol. The van der Waals surface area contributed by atoms with Gasteiger partial charge in [0, 0.05) is 6.54 Å². The minimum Gasteiger partial charge on any atom is -0.444 e. The Labute approximate surface area is 140 Å². The zero-order valence-corrected chi connectivity index (χ0v) is 13.7. The van der Waals surface area contributed by atoms with E-state index in [4.69, 9.17) is 4.74 Å². The molecule has 0 heterocycles. The first-order valence-corrected chi connectivity index (χ1v) is 7.11. The fourth-order valence-corrected chi connectivity index (χ4v) is 1.73. The van der Waals surface area contributed by atoms with Crippen molar-refractivity contribution >= 4 is 12.2 Å². The summed E-state index contributed by atoms with van der Waals surface area (Å²) >= 11 is 0. The van der Waals surface area contributed by atoms with Gasteiger partial charge >= 0.3 is 18.4 Å². The molecule has 25 heavy (non-hydrogen) atoms. The van der Waals surface area contributed by atoms with Crippen molar-refractivity contribution < 1.29 is 35.9 Å². The number of nitrogens with one attached hydrogen (secondary N) is 1. The van der Waals surface area contributed by atoms with Crippen molar-refractivity contribution in [2.24, 2.45) is 0 Å². The number of hydrogen-bond acceptors (Lipinski definition) is 2. The van der Waals surface area contributed by atoms with Gasteiger partial charge in [-0.1, -0.05) is 12.2 Å². The number of alkyl carbamates (subject to hydrolysis) is 1. The highest BCUT2D eigenvalue weighted by Crippen LogP contribution is 2.36. The molecule has 1 amide bonds. The SMILES string of the molecule is CC(C)(C)OC(=O)NCC=Cc1cc(C(F)(F)F)cc(C(F)(F)F)c1. The van der Waals surface area contributed by atoms with Gasteiger partial charge < -0.3 is 10.1 Å². The molecule has 3 nitrogen and oxygen atoms in total. The third-order valence-electron chi connectivity index (χ3n) is 2.68. The van der Waals surface area contributed by atoms with Gasteiger partial charge in [-0.15, -0.1) is 0 Å². The number of ether oxygens (including phenoxy) is 1. The smallest absolute Gasteiger partial charge is 0.416 e. The molecule has 1 N–H and O–H groups in total. The Balaban J connectivity index is 2.89. The van der Waals surface area contributed by atoms with Gasteiger partial charge in [0.15, 0.2) is 0 Å². The monoisotopic (exact) mass is 369 g/mol. The standard InChI is InChI=1S/C16H17F6NO2/c1-14(2,3)25-13(24)23-6-4-5-10-7-11(15(17,18)19)9-12(8-10)16(20,21)22/h4-5,7-9H,6H2,1-3H3,(H,23,24). The van der Waals surface area contributed by atoms with Crippen LogP contribution < -0.4 is 5.32 Å². The van der Waals surface area contributed by atoms with Crippen LogP contribution in [0.1, 0.15) is 37.5 Å². The molecule has 0 radical (unpaired) electrons. The molecular formula is C16H17F6NO2. The molecule has 0 aliphatic rings. The van der Waals surface area contributed by atoms with Crippen molar-refractivity contribution in [3.05, 3.63) is 41.0 Å². The van der Waals surface area contributed by atoms with E-state index in [1.165, 1.54) is 6.08 Å². The van der Waals surface area contributed by atoms with Gasteiger partial charge in [-0.3, -0.25) is 0 Å². The number of amides is 1. The molecule has 140 valence electrons. The van der Waals surface area contributed by atoms with E-state index in [1.807, 2.05) is 0 Å². The Hall–Kier alpha value is -2.19. The maximum atomic E-state index is 12.7. The predicted octanol–water partition coefficient (Wildman–Crippen LogP) is 5.26. The molecule has 1 rings (SSSR count). The van der Waals surface area contributed by atoms with Crippen LogP contribution in [0.2, 0.25) is 0 Å². The lowest BCUT2D eigenvalue weighted by Gasteiger charge is -2.19. The van der Waals surface area contributed by atoms with Gasteiger partial charge in [-0.25, -0.2) is 4.79 Å². The van der Waals surface area contributed by atoms with Crippen LogP contribution in [-0.2, 0) is 17.1 Å². The van der Waals surface area contributed by atoms with E-state index in [0.29, 0.717) is 12.1 Å². The Morgan fingerprint density at radius 2 is 1.48 bits per heavy atom. The number of rotatable bonds is 3. The molecule has 1 aromatic carbocycles. The van der Waals surface area contributed by atoms with E-state index >= 15 is 0 Å². The summed E-state index contributed by atoms with van der Waals surface area (Å²) < 4.78 is 81.3. The van der Waals surface area contributed by atoms with Gasteiger partial charge in [0.05, 0.1) is 11.1 Å². The first-order valence-electron chi connectivity index (χ1n) is 7.11. The molecule has 0 saturated heterocycles. The van der Waals surface area contributed by atoms with E-state index in [-0.39, 0.29) is 18.2 Å². The van der Waals surface area contributed by atoms with Crippen LogP contribution in [0.15, 0.2) is 24.3 Å². The summed E-state index contributed by atoms with van der Waals surface area (Å²) in [5.41, 5.74) is -3.81. The third kappa shape index (κ3) is 7.49. The minimum atomic E-state index is -4.90. The molecular weight excluding hydrogens is 352 g/mol. The van der Waals surface area contributed by atoms with Crippen molar-refractivity contribution in [3.8, 4) is 0 Å². The molecule has 0 atom stereocenters. The number of hydrogen-bond donors (Lipinski definition) is 1. The topological polar surface area (TPSA) is 38.3 Å². The molecule has 9 heteroatoms.